The molecule has 0 bridgehead atoms. The van der Waals surface area contributed by atoms with Crippen molar-refractivity contribution in [1.82, 2.24) is 5.32 Å². The van der Waals surface area contributed by atoms with Gasteiger partial charge in [0.25, 0.3) is 0 Å². The van der Waals surface area contributed by atoms with E-state index >= 15 is 0 Å². The van der Waals surface area contributed by atoms with Gasteiger partial charge in [-0.25, -0.2) is 9.18 Å². The summed E-state index contributed by atoms with van der Waals surface area (Å²) < 4.78 is 15.0. The minimum Gasteiger partial charge on any atom is -0.478 e. The summed E-state index contributed by atoms with van der Waals surface area (Å²) in [4.78, 5) is 13.7. The van der Waals surface area contributed by atoms with Crippen LogP contribution in [0.1, 0.15) is 46.8 Å². The SMILES string of the molecule is C[C@@H](NCC1CCN(c2cccc(C(=O)O)c2)CC1c1ccccc1F)c1cccc2ccccc12.Cl. The van der Waals surface area contributed by atoms with Crippen molar-refractivity contribution in [3.8, 4) is 0 Å². The molecule has 1 fully saturated rings. The fourth-order valence-electron chi connectivity index (χ4n) is 5.51. The standard InChI is InChI=1S/C31H31FN2O2.ClH/c1-21(26-14-7-9-22-8-2-3-12-27(22)26)33-19-24-16-17-34(25-11-6-10-23(18-25)31(35)36)20-29(24)28-13-4-5-15-30(28)32;/h2-15,18,21,24,29,33H,16-17,19-20H2,1H3,(H,35,36);1H/t21-,24?,29?;/m1./s1. The van der Waals surface area contributed by atoms with E-state index < -0.39 is 5.97 Å². The van der Waals surface area contributed by atoms with E-state index in [-0.39, 0.29) is 41.7 Å². The second kappa shape index (κ2) is 11.8. The molecule has 2 unspecified atom stereocenters. The first-order valence-electron chi connectivity index (χ1n) is 12.5. The van der Waals surface area contributed by atoms with E-state index in [1.54, 1.807) is 24.3 Å². The number of piperidine rings is 1. The Balaban J connectivity index is 0.00000320. The van der Waals surface area contributed by atoms with Crippen LogP contribution in [0.4, 0.5) is 10.1 Å². The third-order valence-electron chi connectivity index (χ3n) is 7.49. The number of hydrogen-bond donors (Lipinski definition) is 2. The van der Waals surface area contributed by atoms with Crippen LogP contribution < -0.4 is 10.2 Å². The molecule has 4 nitrogen and oxygen atoms in total. The lowest BCUT2D eigenvalue weighted by Crippen LogP contribution is -2.43. The Kier molecular flexibility index (Phi) is 8.47. The zero-order valence-electron chi connectivity index (χ0n) is 20.8. The molecular weight excluding hydrogens is 487 g/mol. The summed E-state index contributed by atoms with van der Waals surface area (Å²) in [6.45, 7) is 4.39. The van der Waals surface area contributed by atoms with Crippen LogP contribution in [0.3, 0.4) is 0 Å². The lowest BCUT2D eigenvalue weighted by Gasteiger charge is -2.41. The molecule has 4 aromatic carbocycles. The molecule has 0 saturated carbocycles. The highest BCUT2D eigenvalue weighted by molar-refractivity contribution is 5.89. The summed E-state index contributed by atoms with van der Waals surface area (Å²) in [5.74, 6) is -0.890. The lowest BCUT2D eigenvalue weighted by molar-refractivity contribution is 0.0697. The predicted octanol–water partition coefficient (Wildman–Crippen LogP) is 7.06. The van der Waals surface area contributed by atoms with Crippen LogP contribution in [-0.4, -0.2) is 30.7 Å². The van der Waals surface area contributed by atoms with Crippen LogP contribution in [0, 0.1) is 11.7 Å². The summed E-state index contributed by atoms with van der Waals surface area (Å²) in [5, 5.41) is 15.6. The topological polar surface area (TPSA) is 52.6 Å². The number of aromatic carboxylic acids is 1. The van der Waals surface area contributed by atoms with Gasteiger partial charge in [0.05, 0.1) is 5.56 Å². The van der Waals surface area contributed by atoms with Crippen LogP contribution in [0.25, 0.3) is 10.8 Å². The third-order valence-corrected chi connectivity index (χ3v) is 7.49. The summed E-state index contributed by atoms with van der Waals surface area (Å²) in [5.41, 5.74) is 3.12. The Hall–Kier alpha value is -3.41. The maximum absolute atomic E-state index is 15.0. The Bertz CT molecular complexity index is 1370. The third kappa shape index (κ3) is 5.79. The molecule has 0 aliphatic carbocycles. The summed E-state index contributed by atoms with van der Waals surface area (Å²) >= 11 is 0. The monoisotopic (exact) mass is 518 g/mol. The molecule has 0 radical (unpaired) electrons. The van der Waals surface area contributed by atoms with Gasteiger partial charge < -0.3 is 15.3 Å². The molecule has 37 heavy (non-hydrogen) atoms. The number of fused-ring (bicyclic) bond motifs is 1. The molecule has 6 heteroatoms. The van der Waals surface area contributed by atoms with Gasteiger partial charge in [-0.3, -0.25) is 0 Å². The Morgan fingerprint density at radius 2 is 1.76 bits per heavy atom. The largest absolute Gasteiger partial charge is 0.478 e. The number of anilines is 1. The number of carboxylic acid groups (broad SMARTS) is 1. The van der Waals surface area contributed by atoms with Crippen molar-refractivity contribution in [2.75, 3.05) is 24.5 Å². The summed E-state index contributed by atoms with van der Waals surface area (Å²) in [6, 6.07) is 29.0. The Morgan fingerprint density at radius 1 is 1.03 bits per heavy atom. The molecular formula is C31H32ClFN2O2. The van der Waals surface area contributed by atoms with E-state index in [1.807, 2.05) is 18.2 Å². The van der Waals surface area contributed by atoms with Crippen molar-refractivity contribution in [1.29, 1.82) is 0 Å². The predicted molar refractivity (Wildman–Crippen MR) is 150 cm³/mol. The molecule has 1 aliphatic rings. The Labute approximate surface area is 223 Å². The molecule has 1 heterocycles. The van der Waals surface area contributed by atoms with Gasteiger partial charge in [0.15, 0.2) is 0 Å². The maximum Gasteiger partial charge on any atom is 0.335 e. The van der Waals surface area contributed by atoms with Gasteiger partial charge in [-0.1, -0.05) is 66.7 Å². The van der Waals surface area contributed by atoms with E-state index in [0.717, 1.165) is 30.8 Å². The smallest absolute Gasteiger partial charge is 0.335 e. The van der Waals surface area contributed by atoms with Crippen molar-refractivity contribution in [2.45, 2.75) is 25.3 Å². The van der Waals surface area contributed by atoms with Gasteiger partial charge in [-0.05, 0) is 72.0 Å². The number of carboxylic acids is 1. The molecule has 0 aromatic heterocycles. The number of hydrogen-bond acceptors (Lipinski definition) is 3. The zero-order chi connectivity index (χ0) is 25.1. The van der Waals surface area contributed by atoms with Gasteiger partial charge in [0, 0.05) is 30.7 Å². The first-order chi connectivity index (χ1) is 17.5. The number of benzene rings is 4. The average Bonchev–Trinajstić information content (AvgIpc) is 2.91. The second-order valence-corrected chi connectivity index (χ2v) is 9.68. The molecule has 192 valence electrons. The summed E-state index contributed by atoms with van der Waals surface area (Å²) in [6.07, 6.45) is 0.881. The fourth-order valence-corrected chi connectivity index (χ4v) is 5.51. The molecule has 5 rings (SSSR count). The molecule has 0 amide bonds. The van der Waals surface area contributed by atoms with E-state index in [1.165, 1.54) is 22.4 Å². The van der Waals surface area contributed by atoms with Crippen molar-refractivity contribution >= 4 is 34.8 Å². The van der Waals surface area contributed by atoms with Crippen LogP contribution >= 0.6 is 12.4 Å². The van der Waals surface area contributed by atoms with Gasteiger partial charge in [-0.2, -0.15) is 0 Å². The van der Waals surface area contributed by atoms with Crippen LogP contribution in [-0.2, 0) is 0 Å². The van der Waals surface area contributed by atoms with Gasteiger partial charge >= 0.3 is 5.97 Å². The maximum atomic E-state index is 15.0. The molecule has 3 atom stereocenters. The van der Waals surface area contributed by atoms with Crippen molar-refractivity contribution in [3.63, 3.8) is 0 Å². The van der Waals surface area contributed by atoms with Crippen LogP contribution in [0.15, 0.2) is 91.0 Å². The summed E-state index contributed by atoms with van der Waals surface area (Å²) in [7, 11) is 0. The van der Waals surface area contributed by atoms with Crippen LogP contribution in [0.5, 0.6) is 0 Å². The molecule has 1 saturated heterocycles. The van der Waals surface area contributed by atoms with Crippen LogP contribution in [0.2, 0.25) is 0 Å². The first kappa shape index (κ1) is 26.6. The lowest BCUT2D eigenvalue weighted by atomic mass is 9.80. The number of rotatable bonds is 7. The number of carbonyl (C=O) groups is 1. The quantitative estimate of drug-likeness (QED) is 0.275. The first-order valence-corrected chi connectivity index (χ1v) is 12.5. The second-order valence-electron chi connectivity index (χ2n) is 9.68. The minimum atomic E-state index is -0.941. The van der Waals surface area contributed by atoms with Gasteiger partial charge in [0.1, 0.15) is 5.82 Å². The van der Waals surface area contributed by atoms with Gasteiger partial charge in [0.2, 0.25) is 0 Å². The van der Waals surface area contributed by atoms with Crippen molar-refractivity contribution < 1.29 is 14.3 Å². The molecule has 4 aromatic rings. The number of nitrogens with zero attached hydrogens (tertiary/aromatic N) is 1. The van der Waals surface area contributed by atoms with Gasteiger partial charge in [-0.15, -0.1) is 12.4 Å². The van der Waals surface area contributed by atoms with E-state index in [2.05, 4.69) is 59.6 Å². The van der Waals surface area contributed by atoms with E-state index in [4.69, 9.17) is 0 Å². The highest BCUT2D eigenvalue weighted by Crippen LogP contribution is 2.36. The highest BCUT2D eigenvalue weighted by Gasteiger charge is 2.32. The van der Waals surface area contributed by atoms with E-state index in [0.29, 0.717) is 6.54 Å². The number of halogens is 2. The zero-order valence-corrected chi connectivity index (χ0v) is 21.6. The Morgan fingerprint density at radius 3 is 2.57 bits per heavy atom. The minimum absolute atomic E-state index is 0. The van der Waals surface area contributed by atoms with Crippen molar-refractivity contribution in [2.24, 2.45) is 5.92 Å². The number of nitrogens with one attached hydrogen (secondary N) is 1. The fraction of sp³-hybridized carbons (Fsp3) is 0.258. The highest BCUT2D eigenvalue weighted by atomic mass is 35.5. The molecule has 1 aliphatic heterocycles. The molecule has 0 spiro atoms. The normalized spacial score (nSPS) is 18.3. The molecule has 2 N–H and O–H groups in total. The van der Waals surface area contributed by atoms with E-state index in [9.17, 15) is 14.3 Å². The average molecular weight is 519 g/mol. The van der Waals surface area contributed by atoms with Crippen molar-refractivity contribution in [3.05, 3.63) is 114 Å².